The number of hydrogen-bond donors (Lipinski definition) is 0. The van der Waals surface area contributed by atoms with Crippen LogP contribution in [0.25, 0.3) is 22.6 Å². The van der Waals surface area contributed by atoms with Crippen molar-refractivity contribution in [2.24, 2.45) is 0 Å². The van der Waals surface area contributed by atoms with Gasteiger partial charge in [-0.25, -0.2) is 9.97 Å². The first-order valence-corrected chi connectivity index (χ1v) is 8.53. The van der Waals surface area contributed by atoms with Crippen LogP contribution in [0.2, 0.25) is 5.15 Å². The summed E-state index contributed by atoms with van der Waals surface area (Å²) in [7, 11) is 0. The van der Waals surface area contributed by atoms with Gasteiger partial charge in [0.25, 0.3) is 0 Å². The molecule has 22 heavy (non-hydrogen) atoms. The van der Waals surface area contributed by atoms with Crippen LogP contribution in [0.15, 0.2) is 59.5 Å². The number of fused-ring (bicyclic) bond motifs is 3. The van der Waals surface area contributed by atoms with Gasteiger partial charge in [0.05, 0.1) is 5.69 Å². The fourth-order valence-electron chi connectivity index (χ4n) is 2.67. The first-order chi connectivity index (χ1) is 10.8. The standard InChI is InChI=1S/C18H13ClN2S/c19-17-14-10-11-22-15-9-5-4-8-13(15)16(14)20-18(21-17)12-6-2-1-3-7-12/h1-9H,10-11H2. The van der Waals surface area contributed by atoms with Crippen molar-refractivity contribution in [2.45, 2.75) is 11.3 Å². The highest BCUT2D eigenvalue weighted by atomic mass is 35.5. The van der Waals surface area contributed by atoms with Gasteiger partial charge in [-0.05, 0) is 12.5 Å². The second-order valence-corrected chi connectivity index (χ2v) is 6.62. The van der Waals surface area contributed by atoms with Crippen LogP contribution in [-0.2, 0) is 6.42 Å². The zero-order chi connectivity index (χ0) is 14.9. The van der Waals surface area contributed by atoms with Crippen LogP contribution in [0.3, 0.4) is 0 Å². The van der Waals surface area contributed by atoms with Crippen LogP contribution in [0, 0.1) is 0 Å². The lowest BCUT2D eigenvalue weighted by molar-refractivity contribution is 1.07. The van der Waals surface area contributed by atoms with Crippen molar-refractivity contribution in [3.8, 4) is 22.6 Å². The predicted molar refractivity (Wildman–Crippen MR) is 92.3 cm³/mol. The van der Waals surface area contributed by atoms with Crippen LogP contribution in [0.5, 0.6) is 0 Å². The van der Waals surface area contributed by atoms with Crippen molar-refractivity contribution < 1.29 is 0 Å². The molecule has 0 radical (unpaired) electrons. The Morgan fingerprint density at radius 3 is 2.55 bits per heavy atom. The normalized spacial score (nSPS) is 13.1. The van der Waals surface area contributed by atoms with Crippen molar-refractivity contribution in [2.75, 3.05) is 5.75 Å². The molecular weight excluding hydrogens is 312 g/mol. The van der Waals surface area contributed by atoms with Gasteiger partial charge in [0, 0.05) is 27.3 Å². The van der Waals surface area contributed by atoms with Crippen molar-refractivity contribution in [3.05, 3.63) is 65.3 Å². The number of halogens is 1. The topological polar surface area (TPSA) is 25.8 Å². The largest absolute Gasteiger partial charge is 0.228 e. The van der Waals surface area contributed by atoms with Crippen molar-refractivity contribution in [3.63, 3.8) is 0 Å². The Morgan fingerprint density at radius 1 is 0.909 bits per heavy atom. The van der Waals surface area contributed by atoms with Crippen LogP contribution in [0.4, 0.5) is 0 Å². The summed E-state index contributed by atoms with van der Waals surface area (Å²) < 4.78 is 0. The number of thioether (sulfide) groups is 1. The summed E-state index contributed by atoms with van der Waals surface area (Å²) >= 11 is 8.33. The van der Waals surface area contributed by atoms with E-state index in [1.807, 2.05) is 48.2 Å². The highest BCUT2D eigenvalue weighted by molar-refractivity contribution is 7.99. The summed E-state index contributed by atoms with van der Waals surface area (Å²) in [6.07, 6.45) is 0.891. The van der Waals surface area contributed by atoms with Gasteiger partial charge >= 0.3 is 0 Å². The maximum absolute atomic E-state index is 6.48. The first kappa shape index (κ1) is 13.8. The fourth-order valence-corrected chi connectivity index (χ4v) is 3.95. The molecular formula is C18H13ClN2S. The van der Waals surface area contributed by atoms with Crippen LogP contribution >= 0.6 is 23.4 Å². The Balaban J connectivity index is 1.96. The fraction of sp³-hybridized carbons (Fsp3) is 0.111. The van der Waals surface area contributed by atoms with E-state index in [9.17, 15) is 0 Å². The van der Waals surface area contributed by atoms with Gasteiger partial charge in [-0.2, -0.15) is 0 Å². The third-order valence-corrected chi connectivity index (χ3v) is 5.13. The van der Waals surface area contributed by atoms with E-state index in [0.29, 0.717) is 11.0 Å². The number of benzene rings is 2. The highest BCUT2D eigenvalue weighted by Gasteiger charge is 2.20. The van der Waals surface area contributed by atoms with Crippen molar-refractivity contribution in [1.29, 1.82) is 0 Å². The molecule has 4 rings (SSSR count). The van der Waals surface area contributed by atoms with E-state index in [4.69, 9.17) is 16.6 Å². The average Bonchev–Trinajstić information content (AvgIpc) is 2.76. The van der Waals surface area contributed by atoms with Gasteiger partial charge < -0.3 is 0 Å². The third kappa shape index (κ3) is 2.40. The van der Waals surface area contributed by atoms with Gasteiger partial charge in [0.1, 0.15) is 5.15 Å². The minimum Gasteiger partial charge on any atom is -0.228 e. The lowest BCUT2D eigenvalue weighted by Crippen LogP contribution is -2.00. The number of rotatable bonds is 1. The Labute approximate surface area is 138 Å². The number of aromatic nitrogens is 2. The maximum atomic E-state index is 6.48. The van der Waals surface area contributed by atoms with Gasteiger partial charge in [0.2, 0.25) is 0 Å². The molecule has 0 saturated heterocycles. The monoisotopic (exact) mass is 324 g/mol. The minimum absolute atomic E-state index is 0.571. The van der Waals surface area contributed by atoms with Gasteiger partial charge in [-0.3, -0.25) is 0 Å². The van der Waals surface area contributed by atoms with Crippen molar-refractivity contribution >= 4 is 23.4 Å². The Morgan fingerprint density at radius 2 is 1.68 bits per heavy atom. The lowest BCUT2D eigenvalue weighted by Gasteiger charge is -2.11. The molecule has 108 valence electrons. The van der Waals surface area contributed by atoms with Gasteiger partial charge in [-0.15, -0.1) is 11.8 Å². The quantitative estimate of drug-likeness (QED) is 0.581. The van der Waals surface area contributed by atoms with E-state index in [0.717, 1.165) is 34.6 Å². The summed E-state index contributed by atoms with van der Waals surface area (Å²) in [4.78, 5) is 10.6. The smallest absolute Gasteiger partial charge is 0.161 e. The second-order valence-electron chi connectivity index (χ2n) is 5.13. The van der Waals surface area contributed by atoms with E-state index in [1.165, 1.54) is 4.90 Å². The first-order valence-electron chi connectivity index (χ1n) is 7.17. The molecule has 0 spiro atoms. The Hall–Kier alpha value is -1.84. The van der Waals surface area contributed by atoms with Gasteiger partial charge in [-0.1, -0.05) is 60.1 Å². The summed E-state index contributed by atoms with van der Waals surface area (Å²) in [6.45, 7) is 0. The molecule has 2 heterocycles. The molecule has 0 atom stereocenters. The summed E-state index contributed by atoms with van der Waals surface area (Å²) in [5.41, 5.74) is 4.17. The molecule has 3 aromatic rings. The molecule has 0 saturated carbocycles. The second kappa shape index (κ2) is 5.75. The molecule has 0 bridgehead atoms. The summed E-state index contributed by atoms with van der Waals surface area (Å²) in [5, 5.41) is 0.571. The summed E-state index contributed by atoms with van der Waals surface area (Å²) in [5.74, 6) is 1.68. The maximum Gasteiger partial charge on any atom is 0.161 e. The number of nitrogens with zero attached hydrogens (tertiary/aromatic N) is 2. The van der Waals surface area contributed by atoms with E-state index in [-0.39, 0.29) is 0 Å². The Bertz CT molecular complexity index is 834. The predicted octanol–water partition coefficient (Wildman–Crippen LogP) is 5.11. The molecule has 0 N–H and O–H groups in total. The molecule has 1 aliphatic heterocycles. The minimum atomic E-state index is 0.571. The third-order valence-electron chi connectivity index (χ3n) is 3.74. The lowest BCUT2D eigenvalue weighted by atomic mass is 10.0. The van der Waals surface area contributed by atoms with Crippen LogP contribution in [-0.4, -0.2) is 15.7 Å². The zero-order valence-corrected chi connectivity index (χ0v) is 13.4. The average molecular weight is 325 g/mol. The SMILES string of the molecule is Clc1nc(-c2ccccc2)nc2c1CCSc1ccccc1-2. The molecule has 0 amide bonds. The molecule has 0 fully saturated rings. The molecule has 0 aliphatic carbocycles. The molecule has 4 heteroatoms. The molecule has 2 aromatic carbocycles. The van der Waals surface area contributed by atoms with Gasteiger partial charge in [0.15, 0.2) is 5.82 Å². The van der Waals surface area contributed by atoms with E-state index < -0.39 is 0 Å². The van der Waals surface area contributed by atoms with Crippen LogP contribution < -0.4 is 0 Å². The van der Waals surface area contributed by atoms with E-state index >= 15 is 0 Å². The van der Waals surface area contributed by atoms with Crippen molar-refractivity contribution in [1.82, 2.24) is 9.97 Å². The molecule has 1 aromatic heterocycles. The molecule has 2 nitrogen and oxygen atoms in total. The number of hydrogen-bond acceptors (Lipinski definition) is 3. The van der Waals surface area contributed by atoms with E-state index in [1.54, 1.807) is 0 Å². The molecule has 1 aliphatic rings. The zero-order valence-electron chi connectivity index (χ0n) is 11.8. The summed E-state index contributed by atoms with van der Waals surface area (Å²) in [6, 6.07) is 18.4. The van der Waals surface area contributed by atoms with Crippen LogP contribution in [0.1, 0.15) is 5.56 Å². The molecule has 0 unspecified atom stereocenters. The highest BCUT2D eigenvalue weighted by Crippen LogP contribution is 2.39. The Kier molecular flexibility index (Phi) is 3.60. The van der Waals surface area contributed by atoms with E-state index in [2.05, 4.69) is 23.2 Å².